The van der Waals surface area contributed by atoms with E-state index >= 15 is 0 Å². The summed E-state index contributed by atoms with van der Waals surface area (Å²) >= 11 is 0. The molecule has 1 aromatic rings. The van der Waals surface area contributed by atoms with Crippen LogP contribution in [0.25, 0.3) is 0 Å². The Morgan fingerprint density at radius 2 is 2.11 bits per heavy atom. The number of amides is 1. The van der Waals surface area contributed by atoms with Crippen molar-refractivity contribution in [2.75, 3.05) is 5.73 Å². The van der Waals surface area contributed by atoms with Gasteiger partial charge >= 0.3 is 0 Å². The highest BCUT2D eigenvalue weighted by molar-refractivity contribution is 6.05. The first-order valence-corrected chi connectivity index (χ1v) is 5.77. The van der Waals surface area contributed by atoms with Gasteiger partial charge in [0.15, 0.2) is 0 Å². The standard InChI is InChI=1S/C8H8N4O3.C4H8/c9-7-2-1-5(12(14)15)3-6(7)8(10)11-4-13;1-4-2-3-4/h1-4H,9H2,(H2,10,11,13);4H,2-3H2,1H3. The average Bonchev–Trinajstić information content (AvgIpc) is 3.13. The molecule has 0 spiro atoms. The van der Waals surface area contributed by atoms with Gasteiger partial charge in [0.1, 0.15) is 5.84 Å². The molecule has 1 fully saturated rings. The molecule has 7 nitrogen and oxygen atoms in total. The number of hydrogen-bond donors (Lipinski definition) is 2. The molecule has 1 amide bonds. The van der Waals surface area contributed by atoms with Gasteiger partial charge in [-0.1, -0.05) is 19.8 Å². The molecule has 0 radical (unpaired) electrons. The van der Waals surface area contributed by atoms with Gasteiger partial charge in [-0.25, -0.2) is 0 Å². The van der Waals surface area contributed by atoms with E-state index in [-0.39, 0.29) is 29.2 Å². The number of benzene rings is 1. The second kappa shape index (κ2) is 6.48. The van der Waals surface area contributed by atoms with Crippen molar-refractivity contribution in [1.29, 1.82) is 0 Å². The minimum Gasteiger partial charge on any atom is -0.398 e. The summed E-state index contributed by atoms with van der Waals surface area (Å²) in [5.74, 6) is 0.936. The molecule has 102 valence electrons. The number of amidine groups is 1. The van der Waals surface area contributed by atoms with Crippen LogP contribution in [0.4, 0.5) is 11.4 Å². The van der Waals surface area contributed by atoms with E-state index in [1.165, 1.54) is 25.0 Å². The van der Waals surface area contributed by atoms with Crippen molar-refractivity contribution in [2.24, 2.45) is 16.6 Å². The number of anilines is 1. The van der Waals surface area contributed by atoms with Crippen molar-refractivity contribution in [3.63, 3.8) is 0 Å². The SMILES string of the molecule is CC1CC1.NC(=NC=O)c1cc([N+](=O)[O-])ccc1N. The van der Waals surface area contributed by atoms with Gasteiger partial charge < -0.3 is 11.5 Å². The van der Waals surface area contributed by atoms with Crippen molar-refractivity contribution in [2.45, 2.75) is 19.8 Å². The van der Waals surface area contributed by atoms with Crippen LogP contribution in [0, 0.1) is 16.0 Å². The van der Waals surface area contributed by atoms with Crippen LogP contribution in [-0.4, -0.2) is 17.2 Å². The van der Waals surface area contributed by atoms with Gasteiger partial charge in [0, 0.05) is 23.4 Å². The lowest BCUT2D eigenvalue weighted by molar-refractivity contribution is -0.384. The third-order valence-electron chi connectivity index (χ3n) is 2.58. The summed E-state index contributed by atoms with van der Waals surface area (Å²) in [6.45, 7) is 2.28. The molecule has 0 unspecified atom stereocenters. The van der Waals surface area contributed by atoms with Gasteiger partial charge in [-0.05, 0) is 12.0 Å². The minimum absolute atomic E-state index is 0.147. The summed E-state index contributed by atoms with van der Waals surface area (Å²) in [4.78, 5) is 23.2. The summed E-state index contributed by atoms with van der Waals surface area (Å²) in [6, 6.07) is 3.74. The Balaban J connectivity index is 0.000000382. The molecule has 0 atom stereocenters. The highest BCUT2D eigenvalue weighted by Gasteiger charge is 2.12. The van der Waals surface area contributed by atoms with E-state index in [0.29, 0.717) is 0 Å². The minimum atomic E-state index is -0.586. The van der Waals surface area contributed by atoms with Crippen molar-refractivity contribution in [1.82, 2.24) is 0 Å². The molecule has 1 aliphatic rings. The summed E-state index contributed by atoms with van der Waals surface area (Å²) in [7, 11) is 0. The van der Waals surface area contributed by atoms with Crippen LogP contribution in [-0.2, 0) is 4.79 Å². The number of carbonyl (C=O) groups excluding carboxylic acids is 1. The third kappa shape index (κ3) is 4.74. The number of non-ortho nitro benzene ring substituents is 1. The largest absolute Gasteiger partial charge is 0.398 e. The lowest BCUT2D eigenvalue weighted by Crippen LogP contribution is -2.15. The summed E-state index contributed by atoms with van der Waals surface area (Å²) in [6.07, 6.45) is 3.22. The first-order valence-electron chi connectivity index (χ1n) is 5.77. The number of carbonyl (C=O) groups is 1. The Morgan fingerprint density at radius 3 is 2.53 bits per heavy atom. The number of nitrogen functional groups attached to an aromatic ring is 1. The normalized spacial score (nSPS) is 14.3. The molecule has 0 heterocycles. The molecular weight excluding hydrogens is 248 g/mol. The Kier molecular flexibility index (Phi) is 4.99. The molecular formula is C12H16N4O3. The highest BCUT2D eigenvalue weighted by Crippen LogP contribution is 2.26. The summed E-state index contributed by atoms with van der Waals surface area (Å²) in [5.41, 5.74) is 11.2. The van der Waals surface area contributed by atoms with E-state index < -0.39 is 4.92 Å². The molecule has 7 heteroatoms. The zero-order valence-corrected chi connectivity index (χ0v) is 10.6. The molecule has 0 saturated heterocycles. The molecule has 1 aromatic carbocycles. The smallest absolute Gasteiger partial charge is 0.270 e. The monoisotopic (exact) mass is 264 g/mol. The van der Waals surface area contributed by atoms with Crippen LogP contribution in [0.2, 0.25) is 0 Å². The van der Waals surface area contributed by atoms with Gasteiger partial charge in [-0.2, -0.15) is 4.99 Å². The predicted octanol–water partition coefficient (Wildman–Crippen LogP) is 1.46. The van der Waals surface area contributed by atoms with E-state index in [1.807, 2.05) is 0 Å². The van der Waals surface area contributed by atoms with Crippen LogP contribution in [0.15, 0.2) is 23.2 Å². The van der Waals surface area contributed by atoms with Gasteiger partial charge in [0.2, 0.25) is 6.41 Å². The van der Waals surface area contributed by atoms with Gasteiger partial charge in [-0.3, -0.25) is 14.9 Å². The first-order chi connectivity index (χ1) is 8.95. The van der Waals surface area contributed by atoms with Crippen LogP contribution >= 0.6 is 0 Å². The van der Waals surface area contributed by atoms with Crippen molar-refractivity contribution < 1.29 is 9.72 Å². The molecule has 0 aromatic heterocycles. The quantitative estimate of drug-likeness (QED) is 0.213. The number of rotatable bonds is 3. The lowest BCUT2D eigenvalue weighted by atomic mass is 10.1. The topological polar surface area (TPSA) is 125 Å². The van der Waals surface area contributed by atoms with Gasteiger partial charge in [-0.15, -0.1) is 0 Å². The molecule has 2 rings (SSSR count). The van der Waals surface area contributed by atoms with E-state index in [1.54, 1.807) is 0 Å². The Bertz CT molecular complexity index is 510. The fourth-order valence-electron chi connectivity index (χ4n) is 1.17. The maximum Gasteiger partial charge on any atom is 0.270 e. The van der Waals surface area contributed by atoms with E-state index in [4.69, 9.17) is 11.5 Å². The van der Waals surface area contributed by atoms with Crippen molar-refractivity contribution >= 4 is 23.6 Å². The average molecular weight is 264 g/mol. The highest BCUT2D eigenvalue weighted by atomic mass is 16.6. The molecule has 4 N–H and O–H groups in total. The van der Waals surface area contributed by atoms with Crippen LogP contribution in [0.1, 0.15) is 25.3 Å². The Morgan fingerprint density at radius 1 is 1.53 bits per heavy atom. The number of nitro benzene ring substituents is 1. The van der Waals surface area contributed by atoms with Crippen molar-refractivity contribution in [3.8, 4) is 0 Å². The van der Waals surface area contributed by atoms with E-state index in [2.05, 4.69) is 11.9 Å². The summed E-state index contributed by atoms with van der Waals surface area (Å²) < 4.78 is 0. The Labute approximate surface area is 110 Å². The maximum absolute atomic E-state index is 10.5. The van der Waals surface area contributed by atoms with Crippen LogP contribution in [0.5, 0.6) is 0 Å². The van der Waals surface area contributed by atoms with Gasteiger partial charge in [0.05, 0.1) is 4.92 Å². The second-order valence-corrected chi connectivity index (χ2v) is 4.33. The Hall–Kier alpha value is -2.44. The summed E-state index contributed by atoms with van der Waals surface area (Å²) in [5, 5.41) is 10.5. The third-order valence-corrected chi connectivity index (χ3v) is 2.58. The lowest BCUT2D eigenvalue weighted by Gasteiger charge is -2.03. The first kappa shape index (κ1) is 14.6. The fourth-order valence-corrected chi connectivity index (χ4v) is 1.17. The fraction of sp³-hybridized carbons (Fsp3) is 0.333. The molecule has 19 heavy (non-hydrogen) atoms. The molecule has 1 aliphatic carbocycles. The maximum atomic E-state index is 10.5. The van der Waals surface area contributed by atoms with Crippen LogP contribution < -0.4 is 11.5 Å². The van der Waals surface area contributed by atoms with Crippen LogP contribution in [0.3, 0.4) is 0 Å². The molecule has 0 aliphatic heterocycles. The zero-order chi connectivity index (χ0) is 14.4. The van der Waals surface area contributed by atoms with E-state index in [0.717, 1.165) is 12.0 Å². The van der Waals surface area contributed by atoms with Gasteiger partial charge in [0.25, 0.3) is 5.69 Å². The number of nitrogens with two attached hydrogens (primary N) is 2. The number of hydrogen-bond acceptors (Lipinski definition) is 4. The zero-order valence-electron chi connectivity index (χ0n) is 10.6. The molecule has 1 saturated carbocycles. The number of aliphatic imine (C=N–C) groups is 1. The predicted molar refractivity (Wildman–Crippen MR) is 72.7 cm³/mol. The second-order valence-electron chi connectivity index (χ2n) is 4.33. The number of nitrogens with zero attached hydrogens (tertiary/aromatic N) is 2. The van der Waals surface area contributed by atoms with E-state index in [9.17, 15) is 14.9 Å². The van der Waals surface area contributed by atoms with Crippen molar-refractivity contribution in [3.05, 3.63) is 33.9 Å². The number of nitro groups is 1. The molecule has 0 bridgehead atoms.